The van der Waals surface area contributed by atoms with Crippen molar-refractivity contribution in [2.24, 2.45) is 5.92 Å². The smallest absolute Gasteiger partial charge is 0.338 e. The van der Waals surface area contributed by atoms with Crippen molar-refractivity contribution < 1.29 is 23.9 Å². The van der Waals surface area contributed by atoms with E-state index in [1.165, 1.54) is 4.90 Å². The van der Waals surface area contributed by atoms with Gasteiger partial charge in [0.05, 0.1) is 43.4 Å². The van der Waals surface area contributed by atoms with Crippen LogP contribution in [-0.4, -0.2) is 57.1 Å². The lowest BCUT2D eigenvalue weighted by Gasteiger charge is -2.41. The number of nitrogens with one attached hydrogen (secondary N) is 1. The minimum atomic E-state index is -0.252. The molecule has 0 spiro atoms. The molecule has 2 aliphatic heterocycles. The summed E-state index contributed by atoms with van der Waals surface area (Å²) in [6.45, 7) is 9.38. The molecule has 1 aromatic carbocycles. The van der Waals surface area contributed by atoms with Crippen LogP contribution in [0.25, 0.3) is 0 Å². The van der Waals surface area contributed by atoms with E-state index in [0.717, 1.165) is 39.3 Å². The summed E-state index contributed by atoms with van der Waals surface area (Å²) in [4.78, 5) is 14.0. The Labute approximate surface area is 143 Å². The van der Waals surface area contributed by atoms with Crippen LogP contribution in [0.4, 0.5) is 0 Å². The van der Waals surface area contributed by atoms with Crippen LogP contribution in [-0.2, 0) is 14.2 Å². The molecule has 1 aromatic rings. The molecule has 2 fully saturated rings. The highest BCUT2D eigenvalue weighted by atomic mass is 16.6. The Kier molecular flexibility index (Phi) is 5.54. The number of benzene rings is 1. The molecule has 5 nitrogen and oxygen atoms in total. The summed E-state index contributed by atoms with van der Waals surface area (Å²) in [5.74, 6) is -0.000866. The van der Waals surface area contributed by atoms with Gasteiger partial charge in [-0.2, -0.15) is 0 Å². The van der Waals surface area contributed by atoms with Gasteiger partial charge in [0.25, 0.3) is 0 Å². The molecule has 24 heavy (non-hydrogen) atoms. The highest BCUT2D eigenvalue weighted by molar-refractivity contribution is 5.89. The topological polar surface area (TPSA) is 49.2 Å². The second-order valence-electron chi connectivity index (χ2n) is 7.41. The van der Waals surface area contributed by atoms with Gasteiger partial charge < -0.3 is 19.1 Å². The van der Waals surface area contributed by atoms with E-state index in [0.29, 0.717) is 12.2 Å². The van der Waals surface area contributed by atoms with Gasteiger partial charge in [0.2, 0.25) is 0 Å². The first-order valence-corrected chi connectivity index (χ1v) is 8.85. The number of quaternary nitrogens is 1. The number of carbonyl (C=O) groups is 1. The minimum Gasteiger partial charge on any atom is -0.458 e. The second kappa shape index (κ2) is 7.64. The molecule has 0 unspecified atom stereocenters. The van der Waals surface area contributed by atoms with Gasteiger partial charge >= 0.3 is 5.97 Å². The first kappa shape index (κ1) is 17.4. The van der Waals surface area contributed by atoms with Crippen LogP contribution in [0.5, 0.6) is 0 Å². The van der Waals surface area contributed by atoms with Crippen LogP contribution in [0.3, 0.4) is 0 Å². The predicted octanol–water partition coefficient (Wildman–Crippen LogP) is 0.942. The number of hydrogen-bond acceptors (Lipinski definition) is 4. The fourth-order valence-corrected chi connectivity index (χ4v) is 3.49. The molecule has 0 bridgehead atoms. The summed E-state index contributed by atoms with van der Waals surface area (Å²) >= 11 is 0. The minimum absolute atomic E-state index is 0.100. The molecule has 2 heterocycles. The maximum absolute atomic E-state index is 12.5. The number of hydrogen-bond donors (Lipinski definition) is 1. The first-order valence-electron chi connectivity index (χ1n) is 8.85. The van der Waals surface area contributed by atoms with Gasteiger partial charge in [-0.05, 0) is 26.0 Å². The standard InChI is InChI=1S/C19H27NO4/c1-19(2)12-17(24-18(21)15-6-4-3-5-7-15)16(14-23-19)13-20-8-10-22-11-9-20/h3-7,16-17H,8-14H2,1-2H3/p+1/t16-,17-/m1/s1. The van der Waals surface area contributed by atoms with Gasteiger partial charge in [0.15, 0.2) is 0 Å². The molecule has 0 aromatic heterocycles. The van der Waals surface area contributed by atoms with Crippen LogP contribution in [0, 0.1) is 5.92 Å². The van der Waals surface area contributed by atoms with Crippen molar-refractivity contribution in [3.05, 3.63) is 35.9 Å². The molecule has 0 amide bonds. The molecular weight excluding hydrogens is 306 g/mol. The quantitative estimate of drug-likeness (QED) is 0.833. The van der Waals surface area contributed by atoms with Crippen molar-refractivity contribution >= 4 is 5.97 Å². The van der Waals surface area contributed by atoms with E-state index < -0.39 is 0 Å². The lowest BCUT2D eigenvalue weighted by Crippen LogP contribution is -3.15. The monoisotopic (exact) mass is 334 g/mol. The fourth-order valence-electron chi connectivity index (χ4n) is 3.49. The van der Waals surface area contributed by atoms with Crippen molar-refractivity contribution in [2.75, 3.05) is 39.5 Å². The highest BCUT2D eigenvalue weighted by Gasteiger charge is 2.40. The largest absolute Gasteiger partial charge is 0.458 e. The predicted molar refractivity (Wildman–Crippen MR) is 90.2 cm³/mol. The van der Waals surface area contributed by atoms with E-state index in [1.807, 2.05) is 18.2 Å². The third-order valence-corrected chi connectivity index (χ3v) is 4.93. The number of esters is 1. The molecule has 5 heteroatoms. The molecule has 0 aliphatic carbocycles. The van der Waals surface area contributed by atoms with E-state index in [9.17, 15) is 4.79 Å². The number of rotatable bonds is 4. The Morgan fingerprint density at radius 2 is 1.96 bits per heavy atom. The third-order valence-electron chi connectivity index (χ3n) is 4.93. The normalized spacial score (nSPS) is 27.6. The Bertz CT molecular complexity index is 540. The lowest BCUT2D eigenvalue weighted by atomic mass is 9.88. The van der Waals surface area contributed by atoms with E-state index in [1.54, 1.807) is 12.1 Å². The van der Waals surface area contributed by atoms with Crippen molar-refractivity contribution in [3.8, 4) is 0 Å². The van der Waals surface area contributed by atoms with Crippen molar-refractivity contribution in [1.82, 2.24) is 0 Å². The third kappa shape index (κ3) is 4.56. The zero-order chi connectivity index (χ0) is 17.0. The Morgan fingerprint density at radius 1 is 1.25 bits per heavy atom. The summed E-state index contributed by atoms with van der Waals surface area (Å²) in [5.41, 5.74) is 0.359. The zero-order valence-electron chi connectivity index (χ0n) is 14.6. The van der Waals surface area contributed by atoms with Gasteiger partial charge in [-0.1, -0.05) is 18.2 Å². The van der Waals surface area contributed by atoms with Gasteiger partial charge in [-0.3, -0.25) is 0 Å². The molecule has 1 N–H and O–H groups in total. The zero-order valence-corrected chi connectivity index (χ0v) is 14.6. The second-order valence-corrected chi connectivity index (χ2v) is 7.41. The first-order chi connectivity index (χ1) is 11.5. The van der Waals surface area contributed by atoms with Gasteiger partial charge in [0, 0.05) is 6.42 Å². The molecule has 132 valence electrons. The average molecular weight is 334 g/mol. The maximum atomic E-state index is 12.5. The van der Waals surface area contributed by atoms with Crippen molar-refractivity contribution in [1.29, 1.82) is 0 Å². The summed E-state index contributed by atoms with van der Waals surface area (Å²) in [6, 6.07) is 9.22. The highest BCUT2D eigenvalue weighted by Crippen LogP contribution is 2.30. The fraction of sp³-hybridized carbons (Fsp3) is 0.632. The summed E-state index contributed by atoms with van der Waals surface area (Å²) in [5, 5.41) is 0. The van der Waals surface area contributed by atoms with Crippen molar-refractivity contribution in [2.45, 2.75) is 32.0 Å². The van der Waals surface area contributed by atoms with Gasteiger partial charge in [-0.25, -0.2) is 4.79 Å². The van der Waals surface area contributed by atoms with E-state index in [2.05, 4.69) is 13.8 Å². The summed E-state index contributed by atoms with van der Waals surface area (Å²) in [7, 11) is 0. The van der Waals surface area contributed by atoms with Crippen LogP contribution in [0.15, 0.2) is 30.3 Å². The lowest BCUT2D eigenvalue weighted by molar-refractivity contribution is -0.912. The Balaban J connectivity index is 1.66. The van der Waals surface area contributed by atoms with E-state index in [4.69, 9.17) is 14.2 Å². The Morgan fingerprint density at radius 3 is 2.67 bits per heavy atom. The number of morpholine rings is 1. The van der Waals surface area contributed by atoms with E-state index in [-0.39, 0.29) is 23.6 Å². The van der Waals surface area contributed by atoms with Crippen LogP contribution in [0.2, 0.25) is 0 Å². The van der Waals surface area contributed by atoms with Gasteiger partial charge in [0.1, 0.15) is 19.2 Å². The van der Waals surface area contributed by atoms with Crippen LogP contribution in [0.1, 0.15) is 30.6 Å². The van der Waals surface area contributed by atoms with Gasteiger partial charge in [-0.15, -0.1) is 0 Å². The molecule has 3 rings (SSSR count). The SMILES string of the molecule is CC1(C)C[C@@H](OC(=O)c2ccccc2)[C@H](C[NH+]2CCOCC2)CO1. The molecule has 2 aliphatic rings. The Hall–Kier alpha value is -1.43. The molecule has 2 saturated heterocycles. The molecule has 0 saturated carbocycles. The number of ether oxygens (including phenoxy) is 3. The number of carbonyl (C=O) groups excluding carboxylic acids is 1. The maximum Gasteiger partial charge on any atom is 0.338 e. The summed E-state index contributed by atoms with van der Waals surface area (Å²) < 4.78 is 17.3. The van der Waals surface area contributed by atoms with Crippen LogP contribution >= 0.6 is 0 Å². The average Bonchev–Trinajstić information content (AvgIpc) is 2.59. The summed E-state index contributed by atoms with van der Waals surface area (Å²) in [6.07, 6.45) is 0.636. The van der Waals surface area contributed by atoms with E-state index >= 15 is 0 Å². The molecule has 0 radical (unpaired) electrons. The molecular formula is C19H28NO4+. The van der Waals surface area contributed by atoms with Crippen molar-refractivity contribution in [3.63, 3.8) is 0 Å². The molecule has 2 atom stereocenters. The van der Waals surface area contributed by atoms with Crippen LogP contribution < -0.4 is 4.90 Å².